The molecular weight excluding hydrogens is 349 g/mol. The van der Waals surface area contributed by atoms with Crippen molar-refractivity contribution >= 4 is 20.1 Å². The Balaban J connectivity index is 2.52. The van der Waals surface area contributed by atoms with Gasteiger partial charge in [-0.2, -0.15) is 0 Å². The first-order chi connectivity index (χ1) is 10.3. The molecule has 0 bridgehead atoms. The van der Waals surface area contributed by atoms with Gasteiger partial charge in [0.25, 0.3) is 0 Å². The first kappa shape index (κ1) is 16.6. The van der Waals surface area contributed by atoms with Gasteiger partial charge in [0.1, 0.15) is 0 Å². The Morgan fingerprint density at radius 2 is 1.95 bits per heavy atom. The van der Waals surface area contributed by atoms with Crippen molar-refractivity contribution in [2.75, 3.05) is 0 Å². The summed E-state index contributed by atoms with van der Waals surface area (Å²) in [6, 6.07) is 7.69. The maximum absolute atomic E-state index is 12.3. The minimum absolute atomic E-state index is 0.0106. The summed E-state index contributed by atoms with van der Waals surface area (Å²) in [4.78, 5) is 11.4. The Hall–Kier alpha value is -1.75. The van der Waals surface area contributed by atoms with Gasteiger partial charge in [0, 0.05) is 0 Å². The molecule has 6 nitrogen and oxygen atoms in total. The van der Waals surface area contributed by atoms with E-state index >= 15 is 0 Å². The van der Waals surface area contributed by atoms with Gasteiger partial charge in [-0.05, 0) is 0 Å². The predicted molar refractivity (Wildman–Crippen MR) is 81.2 cm³/mol. The van der Waals surface area contributed by atoms with E-state index in [1.165, 1.54) is 25.2 Å². The Morgan fingerprint density at radius 1 is 1.32 bits per heavy atom. The molecule has 0 spiro atoms. The number of hydrogen-bond donors (Lipinski definition) is 4. The van der Waals surface area contributed by atoms with E-state index < -0.39 is 30.3 Å². The van der Waals surface area contributed by atoms with Crippen LogP contribution in [0.2, 0.25) is 4.20 Å². The zero-order chi connectivity index (χ0) is 16.4. The van der Waals surface area contributed by atoms with Gasteiger partial charge in [-0.1, -0.05) is 0 Å². The molecule has 1 aliphatic rings. The van der Waals surface area contributed by atoms with Crippen LogP contribution in [-0.2, 0) is 15.0 Å². The van der Waals surface area contributed by atoms with Crippen molar-refractivity contribution in [1.29, 1.82) is 0 Å². The monoisotopic (exact) mass is 367 g/mol. The van der Waals surface area contributed by atoms with Gasteiger partial charge >= 0.3 is 131 Å². The summed E-state index contributed by atoms with van der Waals surface area (Å²) >= 11 is -5.40. The molecule has 2 atom stereocenters. The SMILES string of the molecule is CC(=O)NC1C(O)=CC=CC1(Cc1ccccc1)[As](=O)(O)O. The third-order valence-corrected chi connectivity index (χ3v) is 7.13. The van der Waals surface area contributed by atoms with Crippen molar-refractivity contribution in [3.05, 3.63) is 59.9 Å². The summed E-state index contributed by atoms with van der Waals surface area (Å²) in [5, 5.41) is 12.5. The normalized spacial score (nSPS) is 24.7. The molecule has 1 aliphatic carbocycles. The summed E-state index contributed by atoms with van der Waals surface area (Å²) in [5.74, 6) is -0.736. The molecule has 0 radical (unpaired) electrons. The molecule has 2 rings (SSSR count). The van der Waals surface area contributed by atoms with Crippen LogP contribution in [0, 0.1) is 0 Å². The van der Waals surface area contributed by atoms with Crippen LogP contribution in [0.4, 0.5) is 0 Å². The van der Waals surface area contributed by atoms with Crippen LogP contribution >= 0.6 is 0 Å². The van der Waals surface area contributed by atoms with Crippen LogP contribution in [0.25, 0.3) is 0 Å². The molecule has 0 heterocycles. The van der Waals surface area contributed by atoms with Crippen LogP contribution in [0.5, 0.6) is 0 Å². The first-order valence-electron chi connectivity index (χ1n) is 6.71. The number of aliphatic hydroxyl groups excluding tert-OH is 1. The molecule has 22 heavy (non-hydrogen) atoms. The third kappa shape index (κ3) is 3.19. The van der Waals surface area contributed by atoms with Gasteiger partial charge in [0.05, 0.1) is 0 Å². The van der Waals surface area contributed by atoms with Crippen molar-refractivity contribution < 1.29 is 21.8 Å². The topological polar surface area (TPSA) is 107 Å². The molecule has 0 saturated carbocycles. The molecule has 1 amide bonds. The van der Waals surface area contributed by atoms with E-state index in [9.17, 15) is 21.8 Å². The Morgan fingerprint density at radius 3 is 2.50 bits per heavy atom. The van der Waals surface area contributed by atoms with Gasteiger partial charge in [-0.25, -0.2) is 0 Å². The molecule has 118 valence electrons. The molecule has 4 N–H and O–H groups in total. The zero-order valence-corrected chi connectivity index (χ0v) is 13.9. The fourth-order valence-corrected chi connectivity index (χ4v) is 5.14. The molecule has 1 aromatic carbocycles. The Kier molecular flexibility index (Phi) is 4.66. The number of nitrogens with one attached hydrogen (secondary N) is 1. The fourth-order valence-electron chi connectivity index (χ4n) is 2.62. The number of amides is 1. The number of allylic oxidation sites excluding steroid dienone is 2. The summed E-state index contributed by atoms with van der Waals surface area (Å²) in [6.45, 7) is 1.24. The van der Waals surface area contributed by atoms with E-state index in [1.807, 2.05) is 0 Å². The van der Waals surface area contributed by atoms with Crippen molar-refractivity contribution in [2.24, 2.45) is 0 Å². The Labute approximate surface area is 131 Å². The van der Waals surface area contributed by atoms with E-state index in [0.717, 1.165) is 0 Å². The molecule has 0 aliphatic heterocycles. The number of carbonyl (C=O) groups is 1. The summed E-state index contributed by atoms with van der Waals surface area (Å²) < 4.78 is 30.6. The van der Waals surface area contributed by atoms with Gasteiger partial charge in [0.2, 0.25) is 0 Å². The predicted octanol–water partition coefficient (Wildman–Crippen LogP) is 0.840. The van der Waals surface area contributed by atoms with Crippen molar-refractivity contribution in [3.63, 3.8) is 0 Å². The molecule has 0 fully saturated rings. The minimum atomic E-state index is -5.40. The van der Waals surface area contributed by atoms with Crippen molar-refractivity contribution in [2.45, 2.75) is 23.6 Å². The third-order valence-electron chi connectivity index (χ3n) is 3.67. The van der Waals surface area contributed by atoms with Crippen LogP contribution in [0.1, 0.15) is 12.5 Å². The van der Waals surface area contributed by atoms with Crippen LogP contribution in [0.15, 0.2) is 54.3 Å². The fraction of sp³-hybridized carbons (Fsp3) is 0.267. The average molecular weight is 367 g/mol. The van der Waals surface area contributed by atoms with Gasteiger partial charge in [-0.15, -0.1) is 0 Å². The standard InChI is InChI=1S/C15H18AsNO5/c1-11(18)17-14-13(19)8-5-9-15(14,16(20,21)22)10-12-6-3-2-4-7-12/h2-9,14,19H,10H2,1H3,(H,17,18)(H2,20,21,22). The van der Waals surface area contributed by atoms with E-state index in [-0.39, 0.29) is 12.2 Å². The molecule has 0 saturated heterocycles. The van der Waals surface area contributed by atoms with Gasteiger partial charge in [-0.3, -0.25) is 0 Å². The Bertz CT molecular complexity index is 664. The van der Waals surface area contributed by atoms with Crippen molar-refractivity contribution in [3.8, 4) is 0 Å². The maximum atomic E-state index is 12.3. The van der Waals surface area contributed by atoms with E-state index in [4.69, 9.17) is 0 Å². The number of rotatable bonds is 4. The quantitative estimate of drug-likeness (QED) is 0.590. The van der Waals surface area contributed by atoms with Crippen molar-refractivity contribution in [1.82, 2.24) is 5.32 Å². The molecule has 1 aromatic rings. The first-order valence-corrected chi connectivity index (χ1v) is 10.1. The second kappa shape index (κ2) is 6.16. The number of hydrogen-bond acceptors (Lipinski definition) is 3. The van der Waals surface area contributed by atoms with Crippen LogP contribution in [0.3, 0.4) is 0 Å². The van der Waals surface area contributed by atoms with E-state index in [1.54, 1.807) is 30.3 Å². The summed E-state index contributed by atoms with van der Waals surface area (Å²) in [6.07, 6.45) is 4.14. The van der Waals surface area contributed by atoms with Gasteiger partial charge < -0.3 is 0 Å². The van der Waals surface area contributed by atoms with E-state index in [2.05, 4.69) is 5.32 Å². The number of aliphatic hydroxyl groups is 1. The second-order valence-electron chi connectivity index (χ2n) is 5.28. The number of carbonyl (C=O) groups excluding carboxylic acids is 1. The van der Waals surface area contributed by atoms with Crippen LogP contribution in [-0.4, -0.2) is 39.4 Å². The molecular formula is C15H18AsNO5. The summed E-state index contributed by atoms with van der Waals surface area (Å²) in [5.41, 5.74) is 0.710. The van der Waals surface area contributed by atoms with Crippen LogP contribution < -0.4 is 5.32 Å². The average Bonchev–Trinajstić information content (AvgIpc) is 2.42. The zero-order valence-electron chi connectivity index (χ0n) is 12.0. The second-order valence-corrected chi connectivity index (χ2v) is 9.31. The molecule has 7 heteroatoms. The number of benzene rings is 1. The molecule has 2 unspecified atom stereocenters. The summed E-state index contributed by atoms with van der Waals surface area (Å²) in [7, 11) is 0. The van der Waals surface area contributed by atoms with E-state index in [0.29, 0.717) is 5.56 Å². The van der Waals surface area contributed by atoms with Gasteiger partial charge in [0.15, 0.2) is 0 Å². The molecule has 0 aromatic heterocycles.